The van der Waals surface area contributed by atoms with E-state index in [0.29, 0.717) is 5.13 Å². The van der Waals surface area contributed by atoms with Crippen molar-refractivity contribution in [3.8, 4) is 10.4 Å². The number of anilines is 1. The predicted octanol–water partition coefficient (Wildman–Crippen LogP) is 3.28. The first kappa shape index (κ1) is 13.1. The summed E-state index contributed by atoms with van der Waals surface area (Å²) in [6.07, 6.45) is 0. The van der Waals surface area contributed by atoms with Gasteiger partial charge in [-0.1, -0.05) is 41.7 Å². The quantitative estimate of drug-likeness (QED) is 0.891. The van der Waals surface area contributed by atoms with E-state index in [-0.39, 0.29) is 5.54 Å². The van der Waals surface area contributed by atoms with E-state index in [1.165, 1.54) is 5.56 Å². The number of rotatable bonds is 3. The molecule has 2 aromatic rings. The van der Waals surface area contributed by atoms with E-state index in [4.69, 9.17) is 5.73 Å². The van der Waals surface area contributed by atoms with E-state index in [0.717, 1.165) is 17.1 Å². The van der Waals surface area contributed by atoms with Crippen LogP contribution < -0.4 is 11.1 Å². The third-order valence-corrected chi connectivity index (χ3v) is 3.51. The number of benzene rings is 1. The van der Waals surface area contributed by atoms with Crippen LogP contribution in [0.3, 0.4) is 0 Å². The highest BCUT2D eigenvalue weighted by Gasteiger charge is 2.14. The molecule has 0 radical (unpaired) electrons. The van der Waals surface area contributed by atoms with Crippen LogP contribution in [0.15, 0.2) is 30.3 Å². The number of thiazole rings is 1. The number of nitrogens with two attached hydrogens (primary N) is 1. The van der Waals surface area contributed by atoms with E-state index in [2.05, 4.69) is 43.2 Å². The molecule has 0 fully saturated rings. The SMILES string of the molecule is CC(C)(C)NCc1nc(N)sc1-c1ccccc1. The minimum Gasteiger partial charge on any atom is -0.375 e. The lowest BCUT2D eigenvalue weighted by Gasteiger charge is -2.20. The maximum absolute atomic E-state index is 5.84. The molecule has 0 aliphatic rings. The Hall–Kier alpha value is -1.39. The first-order valence-corrected chi connectivity index (χ1v) is 6.83. The van der Waals surface area contributed by atoms with Crippen molar-refractivity contribution in [2.75, 3.05) is 5.73 Å². The van der Waals surface area contributed by atoms with Gasteiger partial charge in [-0.05, 0) is 26.3 Å². The third-order valence-electron chi connectivity index (χ3n) is 2.54. The van der Waals surface area contributed by atoms with Crippen molar-refractivity contribution in [2.45, 2.75) is 32.9 Å². The summed E-state index contributed by atoms with van der Waals surface area (Å²) in [5.74, 6) is 0. The summed E-state index contributed by atoms with van der Waals surface area (Å²) in [5.41, 5.74) is 8.12. The van der Waals surface area contributed by atoms with Gasteiger partial charge in [0.2, 0.25) is 0 Å². The number of nitrogen functional groups attached to an aromatic ring is 1. The van der Waals surface area contributed by atoms with Gasteiger partial charge >= 0.3 is 0 Å². The molecular weight excluding hydrogens is 242 g/mol. The van der Waals surface area contributed by atoms with Gasteiger partial charge in [0.05, 0.1) is 10.6 Å². The van der Waals surface area contributed by atoms with E-state index in [9.17, 15) is 0 Å². The molecule has 0 aliphatic carbocycles. The average molecular weight is 261 g/mol. The zero-order valence-electron chi connectivity index (χ0n) is 11.0. The Morgan fingerprint density at radius 3 is 2.50 bits per heavy atom. The summed E-state index contributed by atoms with van der Waals surface area (Å²) in [5, 5.41) is 4.07. The van der Waals surface area contributed by atoms with E-state index >= 15 is 0 Å². The zero-order valence-corrected chi connectivity index (χ0v) is 11.8. The van der Waals surface area contributed by atoms with Crippen molar-refractivity contribution in [1.29, 1.82) is 0 Å². The average Bonchev–Trinajstić information content (AvgIpc) is 2.68. The van der Waals surface area contributed by atoms with Gasteiger partial charge in [0.15, 0.2) is 5.13 Å². The molecule has 3 nitrogen and oxygen atoms in total. The van der Waals surface area contributed by atoms with E-state index < -0.39 is 0 Å². The molecule has 0 saturated heterocycles. The second-order valence-corrected chi connectivity index (χ2v) is 6.33. The number of aromatic nitrogens is 1. The van der Waals surface area contributed by atoms with Crippen molar-refractivity contribution in [1.82, 2.24) is 10.3 Å². The summed E-state index contributed by atoms with van der Waals surface area (Å²) >= 11 is 1.54. The molecule has 4 heteroatoms. The summed E-state index contributed by atoms with van der Waals surface area (Å²) in [6.45, 7) is 7.17. The van der Waals surface area contributed by atoms with Crippen LogP contribution in [-0.2, 0) is 6.54 Å². The minimum absolute atomic E-state index is 0.0757. The van der Waals surface area contributed by atoms with Crippen molar-refractivity contribution in [3.63, 3.8) is 0 Å². The van der Waals surface area contributed by atoms with Crippen molar-refractivity contribution < 1.29 is 0 Å². The fourth-order valence-electron chi connectivity index (χ4n) is 1.65. The van der Waals surface area contributed by atoms with E-state index in [1.54, 1.807) is 11.3 Å². The largest absolute Gasteiger partial charge is 0.375 e. The summed E-state index contributed by atoms with van der Waals surface area (Å²) in [6, 6.07) is 10.3. The normalized spacial score (nSPS) is 11.7. The fraction of sp³-hybridized carbons (Fsp3) is 0.357. The lowest BCUT2D eigenvalue weighted by atomic mass is 10.1. The monoisotopic (exact) mass is 261 g/mol. The summed E-state index contributed by atoms with van der Waals surface area (Å²) in [7, 11) is 0. The molecular formula is C14H19N3S. The number of nitrogens with one attached hydrogen (secondary N) is 1. The Balaban J connectivity index is 2.26. The molecule has 0 unspecified atom stereocenters. The first-order chi connectivity index (χ1) is 8.46. The Morgan fingerprint density at radius 2 is 1.89 bits per heavy atom. The first-order valence-electron chi connectivity index (χ1n) is 6.01. The van der Waals surface area contributed by atoms with Gasteiger partial charge in [0.25, 0.3) is 0 Å². The molecule has 1 aromatic carbocycles. The van der Waals surface area contributed by atoms with Crippen LogP contribution in [0.25, 0.3) is 10.4 Å². The van der Waals surface area contributed by atoms with Crippen LogP contribution in [0.4, 0.5) is 5.13 Å². The summed E-state index contributed by atoms with van der Waals surface area (Å²) in [4.78, 5) is 5.58. The molecule has 0 bridgehead atoms. The van der Waals surface area contributed by atoms with Crippen LogP contribution in [0.2, 0.25) is 0 Å². The molecule has 0 amide bonds. The molecule has 0 aliphatic heterocycles. The van der Waals surface area contributed by atoms with Crippen molar-refractivity contribution in [2.24, 2.45) is 0 Å². The Morgan fingerprint density at radius 1 is 1.22 bits per heavy atom. The van der Waals surface area contributed by atoms with Crippen LogP contribution in [0, 0.1) is 0 Å². The number of hydrogen-bond donors (Lipinski definition) is 2. The second kappa shape index (κ2) is 5.08. The lowest BCUT2D eigenvalue weighted by Crippen LogP contribution is -2.35. The smallest absolute Gasteiger partial charge is 0.180 e. The van der Waals surface area contributed by atoms with E-state index in [1.807, 2.05) is 18.2 Å². The lowest BCUT2D eigenvalue weighted by molar-refractivity contribution is 0.422. The van der Waals surface area contributed by atoms with Gasteiger partial charge in [-0.25, -0.2) is 4.98 Å². The molecule has 2 rings (SSSR count). The molecule has 0 atom stereocenters. The molecule has 1 heterocycles. The standard InChI is InChI=1S/C14H19N3S/c1-14(2,3)16-9-11-12(18-13(15)17-11)10-7-5-4-6-8-10/h4-8,16H,9H2,1-3H3,(H2,15,17). The highest BCUT2D eigenvalue weighted by Crippen LogP contribution is 2.31. The Bertz CT molecular complexity index is 512. The minimum atomic E-state index is 0.0757. The maximum Gasteiger partial charge on any atom is 0.180 e. The second-order valence-electron chi connectivity index (χ2n) is 5.30. The summed E-state index contributed by atoms with van der Waals surface area (Å²) < 4.78 is 0. The Kier molecular flexibility index (Phi) is 3.68. The molecule has 0 saturated carbocycles. The topological polar surface area (TPSA) is 50.9 Å². The Labute approximate surface area is 112 Å². The van der Waals surface area contributed by atoms with Gasteiger partial charge in [0.1, 0.15) is 0 Å². The predicted molar refractivity (Wildman–Crippen MR) is 78.6 cm³/mol. The molecule has 96 valence electrons. The van der Waals surface area contributed by atoms with Crippen molar-refractivity contribution >= 4 is 16.5 Å². The van der Waals surface area contributed by atoms with Gasteiger partial charge in [-0.2, -0.15) is 0 Å². The van der Waals surface area contributed by atoms with Gasteiger partial charge in [-0.15, -0.1) is 0 Å². The van der Waals surface area contributed by atoms with Crippen molar-refractivity contribution in [3.05, 3.63) is 36.0 Å². The molecule has 1 aromatic heterocycles. The molecule has 3 N–H and O–H groups in total. The van der Waals surface area contributed by atoms with Gasteiger partial charge in [-0.3, -0.25) is 0 Å². The van der Waals surface area contributed by atoms with Crippen LogP contribution >= 0.6 is 11.3 Å². The van der Waals surface area contributed by atoms with Crippen LogP contribution in [0.1, 0.15) is 26.5 Å². The molecule has 0 spiro atoms. The van der Waals surface area contributed by atoms with Crippen LogP contribution in [0.5, 0.6) is 0 Å². The maximum atomic E-state index is 5.84. The highest BCUT2D eigenvalue weighted by molar-refractivity contribution is 7.18. The van der Waals surface area contributed by atoms with Gasteiger partial charge in [0, 0.05) is 12.1 Å². The number of nitrogens with zero attached hydrogens (tertiary/aromatic N) is 1. The third kappa shape index (κ3) is 3.31. The number of hydrogen-bond acceptors (Lipinski definition) is 4. The fourth-order valence-corrected chi connectivity index (χ4v) is 2.51. The molecule has 18 heavy (non-hydrogen) atoms. The van der Waals surface area contributed by atoms with Crippen LogP contribution in [-0.4, -0.2) is 10.5 Å². The zero-order chi connectivity index (χ0) is 13.2. The highest BCUT2D eigenvalue weighted by atomic mass is 32.1. The van der Waals surface area contributed by atoms with Gasteiger partial charge < -0.3 is 11.1 Å².